The van der Waals surface area contributed by atoms with Crippen LogP contribution in [0.5, 0.6) is 0 Å². The normalized spacial score (nSPS) is 14.1. The largest absolute Gasteiger partial charge is 0.459 e. The first-order chi connectivity index (χ1) is 12.8. The van der Waals surface area contributed by atoms with Crippen LogP contribution < -0.4 is 0 Å². The number of benzene rings is 2. The molecule has 2 aromatic carbocycles. The zero-order valence-corrected chi connectivity index (χ0v) is 15.8. The monoisotopic (exact) mass is 365 g/mol. The predicted molar refractivity (Wildman–Crippen MR) is 101 cm³/mol. The average Bonchev–Trinajstić information content (AvgIpc) is 2.63. The van der Waals surface area contributed by atoms with Crippen molar-refractivity contribution in [2.45, 2.75) is 39.2 Å². The average molecular weight is 365 g/mol. The molecule has 0 aromatic heterocycles. The van der Waals surface area contributed by atoms with Crippen molar-refractivity contribution in [2.24, 2.45) is 0 Å². The van der Waals surface area contributed by atoms with E-state index in [2.05, 4.69) is 20.8 Å². The highest BCUT2D eigenvalue weighted by molar-refractivity contribution is 6.11. The maximum atomic E-state index is 12.5. The van der Waals surface area contributed by atoms with Gasteiger partial charge in [0.05, 0.1) is 6.42 Å². The number of rotatable bonds is 4. The van der Waals surface area contributed by atoms with Crippen LogP contribution in [-0.4, -0.2) is 29.2 Å². The highest BCUT2D eigenvalue weighted by atomic mass is 16.5. The Kier molecular flexibility index (Phi) is 5.13. The molecular weight excluding hydrogens is 342 g/mol. The van der Waals surface area contributed by atoms with Gasteiger partial charge < -0.3 is 4.74 Å². The van der Waals surface area contributed by atoms with Crippen molar-refractivity contribution in [3.05, 3.63) is 70.8 Å². The fourth-order valence-electron chi connectivity index (χ4n) is 3.00. The topological polar surface area (TPSA) is 63.7 Å². The summed E-state index contributed by atoms with van der Waals surface area (Å²) in [7, 11) is 0. The number of esters is 1. The van der Waals surface area contributed by atoms with Crippen LogP contribution in [0.25, 0.3) is 0 Å². The van der Waals surface area contributed by atoms with E-state index in [0.29, 0.717) is 11.1 Å². The first-order valence-electron chi connectivity index (χ1n) is 8.93. The zero-order valence-electron chi connectivity index (χ0n) is 15.8. The standard InChI is InChI=1S/C22H23NO4/c1-22(2,3)17-10-8-15(9-11-17)14-27-20(25)13-23-19(24)12-16-6-4-5-7-18(16)21(23)26/h4-11H,12-14H2,1-3H3. The molecule has 0 saturated heterocycles. The Morgan fingerprint density at radius 1 is 1.04 bits per heavy atom. The van der Waals surface area contributed by atoms with Gasteiger partial charge in [0.25, 0.3) is 5.91 Å². The second kappa shape index (κ2) is 7.35. The first-order valence-corrected chi connectivity index (χ1v) is 8.93. The lowest BCUT2D eigenvalue weighted by molar-refractivity contribution is -0.149. The van der Waals surface area contributed by atoms with Crippen LogP contribution in [0.3, 0.4) is 0 Å². The molecule has 2 aromatic rings. The number of carbonyl (C=O) groups excluding carboxylic acids is 3. The zero-order chi connectivity index (χ0) is 19.6. The first kappa shape index (κ1) is 18.8. The van der Waals surface area contributed by atoms with E-state index in [4.69, 9.17) is 4.74 Å². The summed E-state index contributed by atoms with van der Waals surface area (Å²) < 4.78 is 5.26. The van der Waals surface area contributed by atoms with Crippen LogP contribution in [0.4, 0.5) is 0 Å². The van der Waals surface area contributed by atoms with Crippen LogP contribution in [0.2, 0.25) is 0 Å². The molecule has 1 heterocycles. The summed E-state index contributed by atoms with van der Waals surface area (Å²) in [4.78, 5) is 37.8. The Balaban J connectivity index is 1.60. The number of amides is 2. The second-order valence-corrected chi connectivity index (χ2v) is 7.73. The van der Waals surface area contributed by atoms with E-state index >= 15 is 0 Å². The molecule has 0 N–H and O–H groups in total. The van der Waals surface area contributed by atoms with Gasteiger partial charge in [0, 0.05) is 5.56 Å². The van der Waals surface area contributed by atoms with Gasteiger partial charge in [-0.1, -0.05) is 63.2 Å². The summed E-state index contributed by atoms with van der Waals surface area (Å²) in [6, 6.07) is 14.8. The molecule has 0 saturated carbocycles. The highest BCUT2D eigenvalue weighted by Crippen LogP contribution is 2.22. The Labute approximate surface area is 158 Å². The van der Waals surface area contributed by atoms with E-state index in [1.165, 1.54) is 5.56 Å². The van der Waals surface area contributed by atoms with Gasteiger partial charge in [-0.15, -0.1) is 0 Å². The van der Waals surface area contributed by atoms with Crippen molar-refractivity contribution >= 4 is 17.8 Å². The third-order valence-corrected chi connectivity index (χ3v) is 4.64. The number of nitrogens with zero attached hydrogens (tertiary/aromatic N) is 1. The van der Waals surface area contributed by atoms with Crippen molar-refractivity contribution < 1.29 is 19.1 Å². The van der Waals surface area contributed by atoms with Gasteiger partial charge in [-0.05, 0) is 28.2 Å². The van der Waals surface area contributed by atoms with E-state index < -0.39 is 11.9 Å². The number of hydrogen-bond donors (Lipinski definition) is 0. The molecule has 5 heteroatoms. The summed E-state index contributed by atoms with van der Waals surface area (Å²) in [5, 5.41) is 0. The van der Waals surface area contributed by atoms with Gasteiger partial charge in [-0.3, -0.25) is 19.3 Å². The molecule has 0 radical (unpaired) electrons. The fraction of sp³-hybridized carbons (Fsp3) is 0.318. The number of imide groups is 1. The van der Waals surface area contributed by atoms with Gasteiger partial charge >= 0.3 is 5.97 Å². The highest BCUT2D eigenvalue weighted by Gasteiger charge is 2.32. The SMILES string of the molecule is CC(C)(C)c1ccc(COC(=O)CN2C(=O)Cc3ccccc3C2=O)cc1. The lowest BCUT2D eigenvalue weighted by Crippen LogP contribution is -2.45. The third-order valence-electron chi connectivity index (χ3n) is 4.64. The summed E-state index contributed by atoms with van der Waals surface area (Å²) in [6.45, 7) is 6.13. The molecule has 27 heavy (non-hydrogen) atoms. The third kappa shape index (κ3) is 4.25. The van der Waals surface area contributed by atoms with Crippen LogP contribution >= 0.6 is 0 Å². The molecular formula is C22H23NO4. The van der Waals surface area contributed by atoms with Gasteiger partial charge in [-0.25, -0.2) is 0 Å². The minimum Gasteiger partial charge on any atom is -0.459 e. The summed E-state index contributed by atoms with van der Waals surface area (Å²) in [5.41, 5.74) is 3.26. The molecule has 2 amide bonds. The minimum absolute atomic E-state index is 0.0560. The lowest BCUT2D eigenvalue weighted by atomic mass is 9.87. The van der Waals surface area contributed by atoms with Crippen molar-refractivity contribution in [3.63, 3.8) is 0 Å². The summed E-state index contributed by atoms with van der Waals surface area (Å²) in [5.74, 6) is -1.44. The number of ether oxygens (including phenoxy) is 1. The molecule has 0 atom stereocenters. The quantitative estimate of drug-likeness (QED) is 0.616. The summed E-state index contributed by atoms with van der Waals surface area (Å²) >= 11 is 0. The lowest BCUT2D eigenvalue weighted by Gasteiger charge is -2.25. The number of fused-ring (bicyclic) bond motifs is 1. The van der Waals surface area contributed by atoms with E-state index in [1.807, 2.05) is 24.3 Å². The maximum absolute atomic E-state index is 12.5. The Morgan fingerprint density at radius 2 is 1.70 bits per heavy atom. The van der Waals surface area contributed by atoms with Gasteiger partial charge in [0.1, 0.15) is 13.2 Å². The molecule has 0 spiro atoms. The molecule has 0 fully saturated rings. The Hall–Kier alpha value is -2.95. The van der Waals surface area contributed by atoms with Crippen molar-refractivity contribution in [1.29, 1.82) is 0 Å². The summed E-state index contributed by atoms with van der Waals surface area (Å²) in [6.07, 6.45) is 0.115. The molecule has 0 unspecified atom stereocenters. The van der Waals surface area contributed by atoms with E-state index in [-0.39, 0.29) is 30.9 Å². The fourth-order valence-corrected chi connectivity index (χ4v) is 3.00. The van der Waals surface area contributed by atoms with Crippen molar-refractivity contribution in [3.8, 4) is 0 Å². The predicted octanol–water partition coefficient (Wildman–Crippen LogP) is 3.25. The maximum Gasteiger partial charge on any atom is 0.326 e. The van der Waals surface area contributed by atoms with Crippen LogP contribution in [0.15, 0.2) is 48.5 Å². The van der Waals surface area contributed by atoms with E-state index in [9.17, 15) is 14.4 Å². The van der Waals surface area contributed by atoms with Gasteiger partial charge in [0.15, 0.2) is 0 Å². The van der Waals surface area contributed by atoms with Gasteiger partial charge in [-0.2, -0.15) is 0 Å². The Morgan fingerprint density at radius 3 is 2.37 bits per heavy atom. The van der Waals surface area contributed by atoms with E-state index in [0.717, 1.165) is 10.5 Å². The molecule has 3 rings (SSSR count). The molecule has 5 nitrogen and oxygen atoms in total. The van der Waals surface area contributed by atoms with Crippen molar-refractivity contribution in [2.75, 3.05) is 6.54 Å². The second-order valence-electron chi connectivity index (χ2n) is 7.73. The van der Waals surface area contributed by atoms with Crippen LogP contribution in [0.1, 0.15) is 47.8 Å². The molecule has 0 aliphatic carbocycles. The Bertz CT molecular complexity index is 878. The molecule has 1 aliphatic rings. The molecule has 140 valence electrons. The number of carbonyl (C=O) groups is 3. The smallest absolute Gasteiger partial charge is 0.326 e. The molecule has 1 aliphatic heterocycles. The number of hydrogen-bond acceptors (Lipinski definition) is 4. The van der Waals surface area contributed by atoms with Gasteiger partial charge in [0.2, 0.25) is 5.91 Å². The van der Waals surface area contributed by atoms with E-state index in [1.54, 1.807) is 24.3 Å². The van der Waals surface area contributed by atoms with Crippen molar-refractivity contribution in [1.82, 2.24) is 4.90 Å². The van der Waals surface area contributed by atoms with Crippen LogP contribution in [-0.2, 0) is 32.8 Å². The minimum atomic E-state index is -0.601. The van der Waals surface area contributed by atoms with Crippen LogP contribution in [0, 0.1) is 0 Å². The molecule has 0 bridgehead atoms.